The zero-order valence-corrected chi connectivity index (χ0v) is 7.53. The second-order valence-corrected chi connectivity index (χ2v) is 2.45. The SMILES string of the molecule is COC(=O)C(=N)/C(Cl)=C\C(C)=N. The molecule has 0 saturated heterocycles. The summed E-state index contributed by atoms with van der Waals surface area (Å²) >= 11 is 5.49. The van der Waals surface area contributed by atoms with Crippen LogP contribution in [0.25, 0.3) is 0 Å². The number of allylic oxidation sites excluding steroid dienone is 1. The van der Waals surface area contributed by atoms with Crippen LogP contribution in [0.5, 0.6) is 0 Å². The zero-order valence-electron chi connectivity index (χ0n) is 6.77. The molecule has 66 valence electrons. The molecule has 2 N–H and O–H groups in total. The Kier molecular flexibility index (Phi) is 4.21. The van der Waals surface area contributed by atoms with E-state index in [0.717, 1.165) is 7.11 Å². The highest BCUT2D eigenvalue weighted by Crippen LogP contribution is 2.04. The van der Waals surface area contributed by atoms with Crippen molar-refractivity contribution in [3.63, 3.8) is 0 Å². The largest absolute Gasteiger partial charge is 0.464 e. The summed E-state index contributed by atoms with van der Waals surface area (Å²) in [6.07, 6.45) is 1.21. The van der Waals surface area contributed by atoms with Crippen molar-refractivity contribution in [1.29, 1.82) is 10.8 Å². The van der Waals surface area contributed by atoms with Gasteiger partial charge in [0.25, 0.3) is 0 Å². The van der Waals surface area contributed by atoms with E-state index in [4.69, 9.17) is 22.4 Å². The summed E-state index contributed by atoms with van der Waals surface area (Å²) in [5, 5.41) is 14.0. The molecule has 0 aliphatic rings. The van der Waals surface area contributed by atoms with Crippen LogP contribution in [0.1, 0.15) is 6.92 Å². The Labute approximate surface area is 75.2 Å². The predicted octanol–water partition coefficient (Wildman–Crippen LogP) is 1.34. The highest BCUT2D eigenvalue weighted by Gasteiger charge is 2.12. The summed E-state index contributed by atoms with van der Waals surface area (Å²) < 4.78 is 4.26. The van der Waals surface area contributed by atoms with E-state index < -0.39 is 11.7 Å². The first-order valence-electron chi connectivity index (χ1n) is 3.08. The van der Waals surface area contributed by atoms with Crippen molar-refractivity contribution in [3.8, 4) is 0 Å². The third-order valence-corrected chi connectivity index (χ3v) is 1.27. The van der Waals surface area contributed by atoms with Crippen LogP contribution in [-0.4, -0.2) is 24.5 Å². The first-order chi connectivity index (χ1) is 5.49. The Morgan fingerprint density at radius 1 is 1.50 bits per heavy atom. The van der Waals surface area contributed by atoms with Gasteiger partial charge >= 0.3 is 5.97 Å². The fraction of sp³-hybridized carbons (Fsp3) is 0.286. The number of hydrogen-bond acceptors (Lipinski definition) is 4. The van der Waals surface area contributed by atoms with Crippen LogP contribution in [0.4, 0.5) is 0 Å². The topological polar surface area (TPSA) is 74.0 Å². The standard InChI is InChI=1S/C7H9ClN2O2/c1-4(9)3-5(8)6(10)7(11)12-2/h3,9-10H,1-2H3/b5-3+,9-4?,10-6?. The fourth-order valence-electron chi connectivity index (χ4n) is 0.462. The van der Waals surface area contributed by atoms with E-state index in [1.54, 1.807) is 0 Å². The smallest absolute Gasteiger partial charge is 0.357 e. The average molecular weight is 189 g/mol. The Balaban J connectivity index is 4.50. The number of rotatable bonds is 3. The molecular weight excluding hydrogens is 180 g/mol. The minimum absolute atomic E-state index is 0.0886. The zero-order chi connectivity index (χ0) is 9.72. The lowest BCUT2D eigenvalue weighted by molar-refractivity contribution is -0.132. The normalized spacial score (nSPS) is 10.8. The molecule has 0 rings (SSSR count). The van der Waals surface area contributed by atoms with Crippen molar-refractivity contribution >= 4 is 29.0 Å². The second kappa shape index (κ2) is 4.66. The first-order valence-corrected chi connectivity index (χ1v) is 3.46. The summed E-state index contributed by atoms with van der Waals surface area (Å²) in [4.78, 5) is 10.7. The lowest BCUT2D eigenvalue weighted by Gasteiger charge is -1.98. The van der Waals surface area contributed by atoms with Gasteiger partial charge in [-0.3, -0.25) is 5.41 Å². The maximum atomic E-state index is 10.7. The van der Waals surface area contributed by atoms with Gasteiger partial charge in [-0.15, -0.1) is 0 Å². The monoisotopic (exact) mass is 188 g/mol. The third kappa shape index (κ3) is 3.30. The van der Waals surface area contributed by atoms with Crippen molar-refractivity contribution in [2.75, 3.05) is 7.11 Å². The van der Waals surface area contributed by atoms with Gasteiger partial charge in [0.1, 0.15) is 0 Å². The Morgan fingerprint density at radius 2 is 2.00 bits per heavy atom. The van der Waals surface area contributed by atoms with Crippen molar-refractivity contribution < 1.29 is 9.53 Å². The van der Waals surface area contributed by atoms with Gasteiger partial charge in [0.2, 0.25) is 0 Å². The molecule has 4 nitrogen and oxygen atoms in total. The van der Waals surface area contributed by atoms with Crippen LogP contribution in [-0.2, 0) is 9.53 Å². The van der Waals surface area contributed by atoms with E-state index in [2.05, 4.69) is 4.74 Å². The number of carbonyl (C=O) groups excluding carboxylic acids is 1. The Bertz CT molecular complexity index is 258. The predicted molar refractivity (Wildman–Crippen MR) is 47.1 cm³/mol. The van der Waals surface area contributed by atoms with Crippen molar-refractivity contribution in [1.82, 2.24) is 0 Å². The lowest BCUT2D eigenvalue weighted by atomic mass is 10.3. The van der Waals surface area contributed by atoms with Crippen LogP contribution in [0.15, 0.2) is 11.1 Å². The number of hydrogen-bond donors (Lipinski definition) is 2. The molecule has 0 heterocycles. The van der Waals surface area contributed by atoms with Crippen molar-refractivity contribution in [3.05, 3.63) is 11.1 Å². The molecule has 0 aromatic carbocycles. The molecule has 0 aliphatic heterocycles. The number of ether oxygens (including phenoxy) is 1. The molecule has 0 fully saturated rings. The Morgan fingerprint density at radius 3 is 2.33 bits per heavy atom. The summed E-state index contributed by atoms with van der Waals surface area (Å²) in [5.74, 6) is -0.808. The molecule has 0 radical (unpaired) electrons. The molecule has 12 heavy (non-hydrogen) atoms. The van der Waals surface area contributed by atoms with E-state index >= 15 is 0 Å². The van der Waals surface area contributed by atoms with Crippen molar-refractivity contribution in [2.24, 2.45) is 0 Å². The van der Waals surface area contributed by atoms with E-state index in [9.17, 15) is 4.79 Å². The van der Waals surface area contributed by atoms with E-state index in [1.165, 1.54) is 13.0 Å². The van der Waals surface area contributed by atoms with Gasteiger partial charge in [-0.1, -0.05) is 11.6 Å². The Hall–Kier alpha value is -1.16. The highest BCUT2D eigenvalue weighted by atomic mass is 35.5. The molecular formula is C7H9ClN2O2. The number of halogens is 1. The lowest BCUT2D eigenvalue weighted by Crippen LogP contribution is -2.15. The molecule has 0 aliphatic carbocycles. The first kappa shape index (κ1) is 10.8. The summed E-state index contributed by atoms with van der Waals surface area (Å²) in [6.45, 7) is 1.49. The third-order valence-electron chi connectivity index (χ3n) is 0.972. The molecule has 0 aromatic heterocycles. The number of carbonyl (C=O) groups is 1. The van der Waals surface area contributed by atoms with E-state index in [0.29, 0.717) is 0 Å². The summed E-state index contributed by atoms with van der Waals surface area (Å²) in [6, 6.07) is 0. The van der Waals surface area contributed by atoms with Gasteiger partial charge in [-0.2, -0.15) is 0 Å². The van der Waals surface area contributed by atoms with Crippen LogP contribution in [0.3, 0.4) is 0 Å². The highest BCUT2D eigenvalue weighted by molar-refractivity contribution is 6.58. The number of nitrogens with one attached hydrogen (secondary N) is 2. The number of methoxy groups -OCH3 is 1. The van der Waals surface area contributed by atoms with E-state index in [-0.39, 0.29) is 10.7 Å². The van der Waals surface area contributed by atoms with Gasteiger partial charge < -0.3 is 10.1 Å². The number of esters is 1. The molecule has 5 heteroatoms. The van der Waals surface area contributed by atoms with Gasteiger partial charge in [-0.05, 0) is 13.0 Å². The maximum absolute atomic E-state index is 10.7. The van der Waals surface area contributed by atoms with Crippen molar-refractivity contribution in [2.45, 2.75) is 6.92 Å². The van der Waals surface area contributed by atoms with Crippen LogP contribution >= 0.6 is 11.6 Å². The fourth-order valence-corrected chi connectivity index (χ4v) is 0.703. The van der Waals surface area contributed by atoms with Crippen LogP contribution in [0.2, 0.25) is 0 Å². The van der Waals surface area contributed by atoms with Gasteiger partial charge in [-0.25, -0.2) is 4.79 Å². The minimum atomic E-state index is -0.808. The molecule has 0 bridgehead atoms. The van der Waals surface area contributed by atoms with Crippen LogP contribution in [0, 0.1) is 10.8 Å². The molecule has 0 spiro atoms. The van der Waals surface area contributed by atoms with Crippen LogP contribution < -0.4 is 0 Å². The molecule has 0 unspecified atom stereocenters. The van der Waals surface area contributed by atoms with Gasteiger partial charge in [0.15, 0.2) is 5.71 Å². The average Bonchev–Trinajstić information content (AvgIpc) is 2.00. The molecule has 0 saturated carbocycles. The van der Waals surface area contributed by atoms with Gasteiger partial charge in [0, 0.05) is 5.71 Å². The quantitative estimate of drug-likeness (QED) is 0.518. The molecule has 0 atom stereocenters. The molecule has 0 aromatic rings. The summed E-state index contributed by atoms with van der Waals surface area (Å²) in [7, 11) is 1.16. The minimum Gasteiger partial charge on any atom is -0.464 e. The second-order valence-electron chi connectivity index (χ2n) is 2.04. The molecule has 0 amide bonds. The summed E-state index contributed by atoms with van der Waals surface area (Å²) in [5.41, 5.74) is -0.264. The van der Waals surface area contributed by atoms with Gasteiger partial charge in [0.05, 0.1) is 12.1 Å². The van der Waals surface area contributed by atoms with E-state index in [1.807, 2.05) is 0 Å². The maximum Gasteiger partial charge on any atom is 0.357 e.